The van der Waals surface area contributed by atoms with E-state index < -0.39 is 23.4 Å². The van der Waals surface area contributed by atoms with Gasteiger partial charge in [0, 0.05) is 6.07 Å². The van der Waals surface area contributed by atoms with Gasteiger partial charge in [-0.3, -0.25) is 4.79 Å². The normalized spacial score (nSPS) is 10.4. The smallest absolute Gasteiger partial charge is 0.258 e. The fourth-order valence-corrected chi connectivity index (χ4v) is 1.94. The molecule has 0 aliphatic rings. The first-order chi connectivity index (χ1) is 9.38. The topological polar surface area (TPSA) is 29.1 Å². The zero-order chi connectivity index (χ0) is 14.9. The summed E-state index contributed by atoms with van der Waals surface area (Å²) in [4.78, 5) is 11.9. The lowest BCUT2D eigenvalue weighted by Crippen LogP contribution is -2.15. The minimum Gasteiger partial charge on any atom is -0.319 e. The molecule has 2 aromatic carbocycles. The second-order valence-electron chi connectivity index (χ2n) is 4.18. The van der Waals surface area contributed by atoms with Gasteiger partial charge in [-0.05, 0) is 41.1 Å². The van der Waals surface area contributed by atoms with Gasteiger partial charge < -0.3 is 5.32 Å². The predicted molar refractivity (Wildman–Crippen MR) is 73.1 cm³/mol. The first-order valence-corrected chi connectivity index (χ1v) is 6.40. The highest BCUT2D eigenvalue weighted by Gasteiger charge is 2.15. The quantitative estimate of drug-likeness (QED) is 0.803. The molecule has 0 saturated heterocycles. The van der Waals surface area contributed by atoms with Crippen LogP contribution in [0.4, 0.5) is 18.9 Å². The maximum Gasteiger partial charge on any atom is 0.258 e. The monoisotopic (exact) mass is 343 g/mol. The van der Waals surface area contributed by atoms with Crippen molar-refractivity contribution in [1.29, 1.82) is 0 Å². The highest BCUT2D eigenvalue weighted by Crippen LogP contribution is 2.24. The van der Waals surface area contributed by atoms with E-state index in [2.05, 4.69) is 21.2 Å². The van der Waals surface area contributed by atoms with E-state index in [0.29, 0.717) is 5.56 Å². The van der Waals surface area contributed by atoms with Gasteiger partial charge in [0.25, 0.3) is 5.91 Å². The second kappa shape index (κ2) is 5.66. The van der Waals surface area contributed by atoms with Crippen LogP contribution in [0.5, 0.6) is 0 Å². The molecule has 6 heteroatoms. The number of aryl methyl sites for hydroxylation is 1. The lowest BCUT2D eigenvalue weighted by atomic mass is 10.1. The van der Waals surface area contributed by atoms with Crippen LogP contribution in [0.3, 0.4) is 0 Å². The molecule has 0 bridgehead atoms. The van der Waals surface area contributed by atoms with Crippen molar-refractivity contribution >= 4 is 27.5 Å². The number of hydrogen-bond donors (Lipinski definition) is 1. The standard InChI is InChI=1S/C14H9BrF3NO/c1-7-2-3-10(16)8(4-7)14(20)19-13-6-11(17)9(15)5-12(13)18/h2-6H,1H3,(H,19,20). The molecule has 0 aliphatic carbocycles. The SMILES string of the molecule is Cc1ccc(F)c(C(=O)Nc2cc(F)c(Br)cc2F)c1. The number of benzene rings is 2. The average Bonchev–Trinajstić information content (AvgIpc) is 2.38. The summed E-state index contributed by atoms with van der Waals surface area (Å²) in [5, 5.41) is 2.15. The van der Waals surface area contributed by atoms with E-state index in [1.165, 1.54) is 12.1 Å². The van der Waals surface area contributed by atoms with Crippen molar-refractivity contribution in [3.05, 3.63) is 63.4 Å². The first-order valence-electron chi connectivity index (χ1n) is 5.60. The van der Waals surface area contributed by atoms with E-state index in [9.17, 15) is 18.0 Å². The van der Waals surface area contributed by atoms with Crippen molar-refractivity contribution in [2.45, 2.75) is 6.92 Å². The Labute approximate surface area is 121 Å². The Morgan fingerprint density at radius 3 is 2.45 bits per heavy atom. The molecule has 2 nitrogen and oxygen atoms in total. The highest BCUT2D eigenvalue weighted by molar-refractivity contribution is 9.10. The van der Waals surface area contributed by atoms with Crippen LogP contribution >= 0.6 is 15.9 Å². The molecule has 0 unspecified atom stereocenters. The summed E-state index contributed by atoms with van der Waals surface area (Å²) in [6.45, 7) is 1.69. The fourth-order valence-electron chi connectivity index (χ4n) is 1.62. The molecule has 104 valence electrons. The van der Waals surface area contributed by atoms with Crippen LogP contribution in [-0.4, -0.2) is 5.91 Å². The van der Waals surface area contributed by atoms with Gasteiger partial charge in [-0.1, -0.05) is 11.6 Å². The van der Waals surface area contributed by atoms with Gasteiger partial charge in [0.05, 0.1) is 15.7 Å². The molecule has 0 aromatic heterocycles. The number of hydrogen-bond acceptors (Lipinski definition) is 1. The maximum atomic E-state index is 13.6. The third-order valence-electron chi connectivity index (χ3n) is 2.62. The summed E-state index contributed by atoms with van der Waals surface area (Å²) < 4.78 is 40.4. The molecular weight excluding hydrogens is 335 g/mol. The number of halogens is 4. The molecular formula is C14H9BrF3NO. The molecule has 1 amide bonds. The first kappa shape index (κ1) is 14.6. The van der Waals surface area contributed by atoms with Crippen LogP contribution in [-0.2, 0) is 0 Å². The van der Waals surface area contributed by atoms with Crippen molar-refractivity contribution in [1.82, 2.24) is 0 Å². The highest BCUT2D eigenvalue weighted by atomic mass is 79.9. The van der Waals surface area contributed by atoms with E-state index in [1.807, 2.05) is 0 Å². The molecule has 0 heterocycles. The van der Waals surface area contributed by atoms with Crippen LogP contribution in [0.2, 0.25) is 0 Å². The van der Waals surface area contributed by atoms with Gasteiger partial charge in [-0.15, -0.1) is 0 Å². The van der Waals surface area contributed by atoms with Crippen molar-refractivity contribution in [2.24, 2.45) is 0 Å². The zero-order valence-electron chi connectivity index (χ0n) is 10.3. The minimum absolute atomic E-state index is 0.0604. The molecule has 0 spiro atoms. The third kappa shape index (κ3) is 3.01. The summed E-state index contributed by atoms with van der Waals surface area (Å²) in [7, 11) is 0. The lowest BCUT2D eigenvalue weighted by molar-refractivity contribution is 0.102. The molecule has 0 saturated carbocycles. The van der Waals surface area contributed by atoms with Crippen LogP contribution in [0.15, 0.2) is 34.8 Å². The Morgan fingerprint density at radius 1 is 1.05 bits per heavy atom. The van der Waals surface area contributed by atoms with E-state index in [-0.39, 0.29) is 15.7 Å². The predicted octanol–water partition coefficient (Wildman–Crippen LogP) is 4.43. The number of nitrogens with one attached hydrogen (secondary N) is 1. The summed E-state index contributed by atoms with van der Waals surface area (Å²) >= 11 is 2.82. The molecule has 0 fully saturated rings. The van der Waals surface area contributed by atoms with Crippen molar-refractivity contribution in [2.75, 3.05) is 5.32 Å². The minimum atomic E-state index is -0.841. The van der Waals surface area contributed by atoms with Gasteiger partial charge in [0.1, 0.15) is 17.5 Å². The van der Waals surface area contributed by atoms with Crippen LogP contribution < -0.4 is 5.32 Å². The molecule has 0 atom stereocenters. The van der Waals surface area contributed by atoms with Gasteiger partial charge >= 0.3 is 0 Å². The Morgan fingerprint density at radius 2 is 1.75 bits per heavy atom. The molecule has 1 N–H and O–H groups in total. The Balaban J connectivity index is 2.32. The lowest BCUT2D eigenvalue weighted by Gasteiger charge is -2.08. The number of carbonyl (C=O) groups is 1. The van der Waals surface area contributed by atoms with E-state index >= 15 is 0 Å². The Hall–Kier alpha value is -1.82. The number of amides is 1. The van der Waals surface area contributed by atoms with Crippen LogP contribution in [0.25, 0.3) is 0 Å². The molecule has 2 aromatic rings. The largest absolute Gasteiger partial charge is 0.319 e. The number of carbonyl (C=O) groups excluding carboxylic acids is 1. The molecule has 0 radical (unpaired) electrons. The molecule has 2 rings (SSSR count). The maximum absolute atomic E-state index is 13.6. The van der Waals surface area contributed by atoms with Crippen LogP contribution in [0, 0.1) is 24.4 Å². The average molecular weight is 344 g/mol. The second-order valence-corrected chi connectivity index (χ2v) is 5.04. The van der Waals surface area contributed by atoms with Crippen molar-refractivity contribution in [3.8, 4) is 0 Å². The van der Waals surface area contributed by atoms with Gasteiger partial charge in [-0.25, -0.2) is 13.2 Å². The summed E-state index contributed by atoms with van der Waals surface area (Å²) in [6.07, 6.45) is 0. The van der Waals surface area contributed by atoms with E-state index in [0.717, 1.165) is 18.2 Å². The van der Waals surface area contributed by atoms with E-state index in [4.69, 9.17) is 0 Å². The van der Waals surface area contributed by atoms with E-state index in [1.54, 1.807) is 6.92 Å². The summed E-state index contributed by atoms with van der Waals surface area (Å²) in [6, 6.07) is 5.69. The van der Waals surface area contributed by atoms with Gasteiger partial charge in [0.2, 0.25) is 0 Å². The Kier molecular flexibility index (Phi) is 4.13. The fraction of sp³-hybridized carbons (Fsp3) is 0.0714. The van der Waals surface area contributed by atoms with Gasteiger partial charge in [0.15, 0.2) is 0 Å². The van der Waals surface area contributed by atoms with Gasteiger partial charge in [-0.2, -0.15) is 0 Å². The summed E-state index contributed by atoms with van der Waals surface area (Å²) in [5.74, 6) is -3.12. The van der Waals surface area contributed by atoms with Crippen molar-refractivity contribution in [3.63, 3.8) is 0 Å². The number of anilines is 1. The molecule has 0 aliphatic heterocycles. The summed E-state index contributed by atoms with van der Waals surface area (Å²) in [5.41, 5.74) is 0.100. The Bertz CT molecular complexity index is 688. The zero-order valence-corrected chi connectivity index (χ0v) is 11.9. The van der Waals surface area contributed by atoms with Crippen LogP contribution in [0.1, 0.15) is 15.9 Å². The number of rotatable bonds is 2. The third-order valence-corrected chi connectivity index (χ3v) is 3.23. The van der Waals surface area contributed by atoms with Crippen molar-refractivity contribution < 1.29 is 18.0 Å². The molecule has 20 heavy (non-hydrogen) atoms.